The Balaban J connectivity index is 2.42. The Bertz CT molecular complexity index is 1140. The quantitative estimate of drug-likeness (QED) is 0.480. The van der Waals surface area contributed by atoms with Crippen LogP contribution in [0.15, 0.2) is 45.7 Å². The van der Waals surface area contributed by atoms with Gasteiger partial charge in [-0.3, -0.25) is 9.59 Å². The number of ketones is 1. The average Bonchev–Trinajstić information content (AvgIpc) is 2.56. The zero-order chi connectivity index (χ0) is 16.3. The van der Waals surface area contributed by atoms with Crippen molar-refractivity contribution in [2.24, 2.45) is 7.05 Å². The van der Waals surface area contributed by atoms with Crippen LogP contribution in [0, 0.1) is 11.3 Å². The van der Waals surface area contributed by atoms with Crippen LogP contribution in [0.25, 0.3) is 22.0 Å². The zero-order valence-corrected chi connectivity index (χ0v) is 13.6. The van der Waals surface area contributed by atoms with Crippen molar-refractivity contribution >= 4 is 32.6 Å². The van der Waals surface area contributed by atoms with E-state index in [1.54, 1.807) is 43.4 Å². The summed E-state index contributed by atoms with van der Waals surface area (Å²) >= 11 is 3.44. The summed E-state index contributed by atoms with van der Waals surface area (Å²) in [4.78, 5) is 25.5. The van der Waals surface area contributed by atoms with Crippen molar-refractivity contribution in [3.8, 4) is 17.2 Å². The highest BCUT2D eigenvalue weighted by Gasteiger charge is 2.30. The molecule has 0 fully saturated rings. The highest BCUT2D eigenvalue weighted by atomic mass is 79.9. The van der Waals surface area contributed by atoms with Gasteiger partial charge in [-0.2, -0.15) is 5.26 Å². The van der Waals surface area contributed by atoms with Gasteiger partial charge < -0.3 is 4.57 Å². The summed E-state index contributed by atoms with van der Waals surface area (Å²) in [5.74, 6) is -0.104. The first-order valence-electron chi connectivity index (χ1n) is 6.95. The molecular formula is C18H9BrN2O2. The van der Waals surface area contributed by atoms with Gasteiger partial charge in [0.15, 0.2) is 5.78 Å². The lowest BCUT2D eigenvalue weighted by molar-refractivity contribution is 0.103. The maximum absolute atomic E-state index is 12.9. The summed E-state index contributed by atoms with van der Waals surface area (Å²) in [6, 6.07) is 12.7. The van der Waals surface area contributed by atoms with Gasteiger partial charge in [-0.1, -0.05) is 40.2 Å². The molecule has 5 heteroatoms. The third kappa shape index (κ3) is 1.64. The van der Waals surface area contributed by atoms with Crippen molar-refractivity contribution in [2.45, 2.75) is 0 Å². The Labute approximate surface area is 139 Å². The van der Waals surface area contributed by atoms with Crippen LogP contribution in [0.5, 0.6) is 0 Å². The number of aryl methyl sites for hydroxylation is 1. The predicted molar refractivity (Wildman–Crippen MR) is 90.5 cm³/mol. The second-order valence-electron chi connectivity index (χ2n) is 5.42. The molecule has 0 atom stereocenters. The van der Waals surface area contributed by atoms with Gasteiger partial charge >= 0.3 is 0 Å². The van der Waals surface area contributed by atoms with Crippen LogP contribution in [0.3, 0.4) is 0 Å². The van der Waals surface area contributed by atoms with Crippen LogP contribution in [0.2, 0.25) is 0 Å². The number of rotatable bonds is 0. The Morgan fingerprint density at radius 2 is 1.74 bits per heavy atom. The molecule has 0 saturated heterocycles. The van der Waals surface area contributed by atoms with Crippen molar-refractivity contribution in [2.75, 3.05) is 0 Å². The second-order valence-corrected chi connectivity index (χ2v) is 6.27. The fraction of sp³-hybridized carbons (Fsp3) is 0.0556. The number of nitriles is 1. The van der Waals surface area contributed by atoms with Crippen LogP contribution in [-0.2, 0) is 7.05 Å². The first-order chi connectivity index (χ1) is 11.1. The summed E-state index contributed by atoms with van der Waals surface area (Å²) in [6.45, 7) is 0. The largest absolute Gasteiger partial charge is 0.310 e. The number of fused-ring (bicyclic) bond motifs is 2. The summed E-state index contributed by atoms with van der Waals surface area (Å²) in [6.07, 6.45) is 0. The van der Waals surface area contributed by atoms with Crippen LogP contribution < -0.4 is 5.56 Å². The first kappa shape index (κ1) is 13.9. The van der Waals surface area contributed by atoms with Gasteiger partial charge in [0.25, 0.3) is 5.56 Å². The van der Waals surface area contributed by atoms with Gasteiger partial charge in [-0.25, -0.2) is 0 Å². The monoisotopic (exact) mass is 364 g/mol. The highest BCUT2D eigenvalue weighted by Crippen LogP contribution is 2.42. The molecule has 0 bridgehead atoms. The average molecular weight is 365 g/mol. The molecule has 4 rings (SSSR count). The van der Waals surface area contributed by atoms with E-state index in [1.165, 1.54) is 4.57 Å². The molecular weight excluding hydrogens is 356 g/mol. The molecule has 0 N–H and O–H groups in total. The molecule has 3 aromatic rings. The maximum atomic E-state index is 12.9. The van der Waals surface area contributed by atoms with Crippen molar-refractivity contribution in [1.82, 2.24) is 4.57 Å². The Hall–Kier alpha value is -2.71. The molecule has 1 aromatic heterocycles. The molecule has 0 radical (unpaired) electrons. The fourth-order valence-corrected chi connectivity index (χ4v) is 3.75. The number of benzene rings is 2. The van der Waals surface area contributed by atoms with E-state index in [-0.39, 0.29) is 16.9 Å². The van der Waals surface area contributed by atoms with Crippen molar-refractivity contribution in [3.63, 3.8) is 0 Å². The summed E-state index contributed by atoms with van der Waals surface area (Å²) in [5.41, 5.74) is 2.57. The second kappa shape index (κ2) is 4.64. The minimum Gasteiger partial charge on any atom is -0.310 e. The summed E-state index contributed by atoms with van der Waals surface area (Å²) in [5, 5.41) is 10.2. The van der Waals surface area contributed by atoms with Gasteiger partial charge in [0.05, 0.1) is 5.52 Å². The number of halogens is 1. The van der Waals surface area contributed by atoms with Gasteiger partial charge in [-0.05, 0) is 17.7 Å². The van der Waals surface area contributed by atoms with E-state index in [0.29, 0.717) is 37.6 Å². The zero-order valence-electron chi connectivity index (χ0n) is 12.1. The van der Waals surface area contributed by atoms with Crippen molar-refractivity contribution in [3.05, 3.63) is 67.9 Å². The molecule has 0 amide bonds. The number of carbonyl (C=O) groups excluding carboxylic acids is 1. The first-order valence-corrected chi connectivity index (χ1v) is 7.75. The topological polar surface area (TPSA) is 62.9 Å². The summed E-state index contributed by atoms with van der Waals surface area (Å²) in [7, 11) is 1.62. The van der Waals surface area contributed by atoms with E-state index < -0.39 is 0 Å². The lowest BCUT2D eigenvalue weighted by atomic mass is 9.82. The van der Waals surface area contributed by atoms with Gasteiger partial charge in [0.1, 0.15) is 11.6 Å². The van der Waals surface area contributed by atoms with E-state index in [9.17, 15) is 14.9 Å². The van der Waals surface area contributed by atoms with E-state index in [4.69, 9.17) is 0 Å². The van der Waals surface area contributed by atoms with E-state index >= 15 is 0 Å². The molecule has 1 heterocycles. The Morgan fingerprint density at radius 3 is 2.43 bits per heavy atom. The number of carbonyl (C=O) groups is 1. The summed E-state index contributed by atoms with van der Waals surface area (Å²) < 4.78 is 2.09. The maximum Gasteiger partial charge on any atom is 0.269 e. The Morgan fingerprint density at radius 1 is 1.04 bits per heavy atom. The molecule has 1 aliphatic rings. The Kier molecular flexibility index (Phi) is 2.81. The van der Waals surface area contributed by atoms with E-state index in [0.717, 1.165) is 0 Å². The highest BCUT2D eigenvalue weighted by molar-refractivity contribution is 9.10. The van der Waals surface area contributed by atoms with Crippen LogP contribution in [0.4, 0.5) is 0 Å². The molecule has 0 spiro atoms. The molecule has 2 aromatic carbocycles. The van der Waals surface area contributed by atoms with Gasteiger partial charge in [0.2, 0.25) is 0 Å². The SMILES string of the molecule is Cn1c(=O)c(C#N)c2c3c(c(Br)ccc31)C(=O)c1ccccc1-2. The van der Waals surface area contributed by atoms with E-state index in [1.807, 2.05) is 6.07 Å². The normalized spacial score (nSPS) is 12.1. The van der Waals surface area contributed by atoms with Crippen LogP contribution in [0.1, 0.15) is 21.5 Å². The lowest BCUT2D eigenvalue weighted by Crippen LogP contribution is -2.24. The van der Waals surface area contributed by atoms with E-state index in [2.05, 4.69) is 15.9 Å². The van der Waals surface area contributed by atoms with Crippen molar-refractivity contribution < 1.29 is 4.79 Å². The van der Waals surface area contributed by atoms with Crippen LogP contribution >= 0.6 is 15.9 Å². The van der Waals surface area contributed by atoms with Crippen molar-refractivity contribution in [1.29, 1.82) is 5.26 Å². The molecule has 23 heavy (non-hydrogen) atoms. The molecule has 0 unspecified atom stereocenters. The van der Waals surface area contributed by atoms with Gasteiger partial charge in [-0.15, -0.1) is 0 Å². The minimum atomic E-state index is -0.354. The van der Waals surface area contributed by atoms with Gasteiger partial charge in [0, 0.05) is 33.6 Å². The minimum absolute atomic E-state index is 0.0688. The lowest BCUT2D eigenvalue weighted by Gasteiger charge is -2.22. The molecule has 4 nitrogen and oxygen atoms in total. The number of hydrogen-bond acceptors (Lipinski definition) is 3. The third-order valence-electron chi connectivity index (χ3n) is 4.29. The molecule has 0 aliphatic heterocycles. The number of nitrogens with zero attached hydrogens (tertiary/aromatic N) is 2. The molecule has 110 valence electrons. The molecule has 1 aliphatic carbocycles. The smallest absolute Gasteiger partial charge is 0.269 e. The number of aromatic nitrogens is 1. The third-order valence-corrected chi connectivity index (χ3v) is 4.95. The number of pyridine rings is 1. The van der Waals surface area contributed by atoms with Crippen LogP contribution in [-0.4, -0.2) is 10.4 Å². The predicted octanol–water partition coefficient (Wildman–Crippen LogP) is 3.38. The fourth-order valence-electron chi connectivity index (χ4n) is 3.24. The molecule has 0 saturated carbocycles. The standard InChI is InChI=1S/C18H9BrN2O2/c1-21-13-7-6-12(19)15-16(13)14(11(8-20)18(21)23)9-4-2-3-5-10(9)17(15)22/h2-7H,1H3. The number of hydrogen-bond donors (Lipinski definition) is 0.